The quantitative estimate of drug-likeness (QED) is 0.366. The molecule has 0 radical (unpaired) electrons. The standard InChI is InChI=1S/C25H27ClN2O3S2/c1-17-8-11-23(19(3)14-17)28-33(30,31)24-15-20(10-9-18(24)2)25(29)27-12-13-32-16-21-6-4-5-7-22(21)26/h4-11,14-15,28H,12-13,16H2,1-3H3,(H,27,29). The fourth-order valence-electron chi connectivity index (χ4n) is 3.30. The number of hydrogen-bond acceptors (Lipinski definition) is 4. The van der Waals surface area contributed by atoms with Gasteiger partial charge in [0.2, 0.25) is 0 Å². The van der Waals surface area contributed by atoms with Crippen LogP contribution in [0.15, 0.2) is 65.6 Å². The van der Waals surface area contributed by atoms with Gasteiger partial charge in [-0.1, -0.05) is 53.6 Å². The van der Waals surface area contributed by atoms with Crippen LogP contribution in [0, 0.1) is 20.8 Å². The topological polar surface area (TPSA) is 75.3 Å². The van der Waals surface area contributed by atoms with Gasteiger partial charge in [0.1, 0.15) is 0 Å². The zero-order valence-electron chi connectivity index (χ0n) is 18.8. The Kier molecular flexibility index (Phi) is 8.46. The third-order valence-corrected chi connectivity index (χ3v) is 8.00. The summed E-state index contributed by atoms with van der Waals surface area (Å²) in [5, 5.41) is 3.59. The highest BCUT2D eigenvalue weighted by Crippen LogP contribution is 2.24. The number of nitrogens with one attached hydrogen (secondary N) is 2. The van der Waals surface area contributed by atoms with E-state index in [2.05, 4.69) is 10.0 Å². The minimum absolute atomic E-state index is 0.0863. The molecule has 0 heterocycles. The van der Waals surface area contributed by atoms with Gasteiger partial charge in [-0.25, -0.2) is 8.42 Å². The fourth-order valence-corrected chi connectivity index (χ4v) is 5.84. The van der Waals surface area contributed by atoms with Crippen LogP contribution in [0.1, 0.15) is 32.6 Å². The van der Waals surface area contributed by atoms with Crippen molar-refractivity contribution in [3.63, 3.8) is 0 Å². The summed E-state index contributed by atoms with van der Waals surface area (Å²) in [4.78, 5) is 12.7. The highest BCUT2D eigenvalue weighted by atomic mass is 35.5. The average Bonchev–Trinajstić information content (AvgIpc) is 2.76. The third kappa shape index (κ3) is 6.76. The van der Waals surface area contributed by atoms with E-state index >= 15 is 0 Å². The maximum atomic E-state index is 13.0. The second kappa shape index (κ2) is 11.1. The molecule has 5 nitrogen and oxygen atoms in total. The number of rotatable bonds is 9. The van der Waals surface area contributed by atoms with Crippen molar-refractivity contribution in [2.24, 2.45) is 0 Å². The second-order valence-corrected chi connectivity index (χ2v) is 11.0. The monoisotopic (exact) mass is 502 g/mol. The van der Waals surface area contributed by atoms with Gasteiger partial charge in [-0.3, -0.25) is 9.52 Å². The normalized spacial score (nSPS) is 11.3. The zero-order chi connectivity index (χ0) is 24.0. The van der Waals surface area contributed by atoms with Gasteiger partial charge in [0.15, 0.2) is 0 Å². The molecule has 33 heavy (non-hydrogen) atoms. The summed E-state index contributed by atoms with van der Waals surface area (Å²) < 4.78 is 28.7. The first-order valence-corrected chi connectivity index (χ1v) is 13.5. The molecule has 3 rings (SSSR count). The highest BCUT2D eigenvalue weighted by Gasteiger charge is 2.20. The van der Waals surface area contributed by atoms with Gasteiger partial charge >= 0.3 is 0 Å². The van der Waals surface area contributed by atoms with Crippen LogP contribution in [-0.4, -0.2) is 26.6 Å². The van der Waals surface area contributed by atoms with Gasteiger partial charge in [0, 0.05) is 28.6 Å². The summed E-state index contributed by atoms with van der Waals surface area (Å²) in [5.74, 6) is 1.16. The molecule has 0 aliphatic rings. The van der Waals surface area contributed by atoms with Crippen molar-refractivity contribution >= 4 is 45.0 Å². The van der Waals surface area contributed by atoms with Crippen molar-refractivity contribution in [3.8, 4) is 0 Å². The molecule has 174 valence electrons. The maximum Gasteiger partial charge on any atom is 0.262 e. The molecule has 0 bridgehead atoms. The molecule has 3 aromatic carbocycles. The van der Waals surface area contributed by atoms with Crippen LogP contribution in [0.25, 0.3) is 0 Å². The highest BCUT2D eigenvalue weighted by molar-refractivity contribution is 7.98. The van der Waals surface area contributed by atoms with Gasteiger partial charge in [-0.05, 0) is 61.7 Å². The lowest BCUT2D eigenvalue weighted by Crippen LogP contribution is -2.26. The van der Waals surface area contributed by atoms with Crippen molar-refractivity contribution in [2.75, 3.05) is 17.0 Å². The molecule has 0 spiro atoms. The van der Waals surface area contributed by atoms with E-state index in [0.29, 0.717) is 29.1 Å². The van der Waals surface area contributed by atoms with E-state index in [0.717, 1.165) is 27.5 Å². The van der Waals surface area contributed by atoms with Gasteiger partial charge in [-0.2, -0.15) is 11.8 Å². The van der Waals surface area contributed by atoms with Crippen LogP contribution < -0.4 is 10.0 Å². The molecular weight excluding hydrogens is 476 g/mol. The molecule has 0 saturated carbocycles. The molecule has 8 heteroatoms. The van der Waals surface area contributed by atoms with E-state index in [1.807, 2.05) is 50.2 Å². The first-order valence-electron chi connectivity index (χ1n) is 10.5. The molecule has 0 unspecified atom stereocenters. The Labute approximate surface area is 205 Å². The predicted octanol–water partition coefficient (Wildman–Crippen LogP) is 5.73. The molecule has 0 saturated heterocycles. The second-order valence-electron chi connectivity index (χ2n) is 7.80. The number of benzene rings is 3. The summed E-state index contributed by atoms with van der Waals surface area (Å²) in [7, 11) is -3.85. The Hall–Kier alpha value is -2.48. The Balaban J connectivity index is 1.62. The van der Waals surface area contributed by atoms with Gasteiger partial charge in [0.25, 0.3) is 15.9 Å². The molecule has 0 atom stereocenters. The Morgan fingerprint density at radius 1 is 0.970 bits per heavy atom. The number of carbonyl (C=O) groups excluding carboxylic acids is 1. The zero-order valence-corrected chi connectivity index (χ0v) is 21.2. The van der Waals surface area contributed by atoms with Crippen molar-refractivity contribution in [1.29, 1.82) is 0 Å². The smallest absolute Gasteiger partial charge is 0.262 e. The van der Waals surface area contributed by atoms with Crippen molar-refractivity contribution in [3.05, 3.63) is 93.5 Å². The summed E-state index contributed by atoms with van der Waals surface area (Å²) in [6, 6.07) is 17.9. The van der Waals surface area contributed by atoms with E-state index in [1.165, 1.54) is 6.07 Å². The van der Waals surface area contributed by atoms with Crippen molar-refractivity contribution in [1.82, 2.24) is 5.32 Å². The molecule has 3 aromatic rings. The summed E-state index contributed by atoms with van der Waals surface area (Å²) in [5.41, 5.74) is 4.33. The van der Waals surface area contributed by atoms with E-state index < -0.39 is 10.0 Å². The minimum Gasteiger partial charge on any atom is -0.351 e. The Morgan fingerprint density at radius 3 is 2.45 bits per heavy atom. The largest absolute Gasteiger partial charge is 0.351 e. The lowest BCUT2D eigenvalue weighted by molar-refractivity contribution is 0.0956. The molecule has 0 aromatic heterocycles. The van der Waals surface area contributed by atoms with Crippen LogP contribution in [0.2, 0.25) is 5.02 Å². The van der Waals surface area contributed by atoms with Crippen molar-refractivity contribution in [2.45, 2.75) is 31.4 Å². The number of halogens is 1. The molecule has 1 amide bonds. The molecular formula is C25H27ClN2O3S2. The number of carbonyl (C=O) groups is 1. The fraction of sp³-hybridized carbons (Fsp3) is 0.240. The maximum absolute atomic E-state index is 13.0. The van der Waals surface area contributed by atoms with Crippen LogP contribution in [0.3, 0.4) is 0 Å². The number of aryl methyl sites for hydroxylation is 3. The molecule has 0 aliphatic carbocycles. The Morgan fingerprint density at radius 2 is 1.73 bits per heavy atom. The van der Waals surface area contributed by atoms with Crippen LogP contribution >= 0.6 is 23.4 Å². The summed E-state index contributed by atoms with van der Waals surface area (Å²) >= 11 is 7.83. The van der Waals surface area contributed by atoms with Crippen molar-refractivity contribution < 1.29 is 13.2 Å². The van der Waals surface area contributed by atoms with Gasteiger partial charge in [-0.15, -0.1) is 0 Å². The number of thioether (sulfide) groups is 1. The number of amides is 1. The minimum atomic E-state index is -3.85. The van der Waals surface area contributed by atoms with E-state index in [9.17, 15) is 13.2 Å². The molecule has 2 N–H and O–H groups in total. The lowest BCUT2D eigenvalue weighted by atomic mass is 10.1. The van der Waals surface area contributed by atoms with Crippen LogP contribution in [0.5, 0.6) is 0 Å². The van der Waals surface area contributed by atoms with E-state index in [-0.39, 0.29) is 10.8 Å². The van der Waals surface area contributed by atoms with Gasteiger partial charge < -0.3 is 5.32 Å². The molecule has 0 fully saturated rings. The first kappa shape index (κ1) is 25.1. The number of anilines is 1. The van der Waals surface area contributed by atoms with E-state index in [1.54, 1.807) is 36.9 Å². The Bertz CT molecular complexity index is 1260. The average molecular weight is 503 g/mol. The van der Waals surface area contributed by atoms with Crippen LogP contribution in [-0.2, 0) is 15.8 Å². The first-order chi connectivity index (χ1) is 15.7. The number of hydrogen-bond donors (Lipinski definition) is 2. The molecule has 0 aliphatic heterocycles. The predicted molar refractivity (Wildman–Crippen MR) is 138 cm³/mol. The SMILES string of the molecule is Cc1ccc(NS(=O)(=O)c2cc(C(=O)NCCSCc3ccccc3Cl)ccc2C)c(C)c1. The van der Waals surface area contributed by atoms with E-state index in [4.69, 9.17) is 11.6 Å². The number of sulfonamides is 1. The van der Waals surface area contributed by atoms with Gasteiger partial charge in [0.05, 0.1) is 10.6 Å². The lowest BCUT2D eigenvalue weighted by Gasteiger charge is -2.14. The summed E-state index contributed by atoms with van der Waals surface area (Å²) in [6.07, 6.45) is 0. The third-order valence-electron chi connectivity index (χ3n) is 5.11. The summed E-state index contributed by atoms with van der Waals surface area (Å²) in [6.45, 7) is 5.98. The van der Waals surface area contributed by atoms with Crippen LogP contribution in [0.4, 0.5) is 5.69 Å².